The van der Waals surface area contributed by atoms with Gasteiger partial charge >= 0.3 is 0 Å². The molecular formula is C15H15NO2. The van der Waals surface area contributed by atoms with E-state index in [9.17, 15) is 4.79 Å². The Hall–Kier alpha value is -1.74. The van der Waals surface area contributed by atoms with Gasteiger partial charge in [-0.1, -0.05) is 18.2 Å². The highest BCUT2D eigenvalue weighted by Gasteiger charge is 2.16. The van der Waals surface area contributed by atoms with Crippen LogP contribution in [0.25, 0.3) is 10.8 Å². The number of fused-ring (bicyclic) bond motifs is 1. The predicted molar refractivity (Wildman–Crippen MR) is 69.9 cm³/mol. The molecule has 1 aromatic carbocycles. The number of hydrogen-bond acceptors (Lipinski definition) is 3. The Balaban J connectivity index is 2.00. The largest absolute Gasteiger partial charge is 0.381 e. The van der Waals surface area contributed by atoms with Crippen molar-refractivity contribution in [3.63, 3.8) is 0 Å². The molecule has 3 nitrogen and oxygen atoms in total. The van der Waals surface area contributed by atoms with E-state index in [2.05, 4.69) is 23.2 Å². The topological polar surface area (TPSA) is 39.2 Å². The van der Waals surface area contributed by atoms with Crippen LogP contribution in [0.3, 0.4) is 0 Å². The Morgan fingerprint density at radius 3 is 2.78 bits per heavy atom. The van der Waals surface area contributed by atoms with E-state index in [-0.39, 0.29) is 0 Å². The first-order valence-electron chi connectivity index (χ1n) is 6.29. The molecule has 0 radical (unpaired) electrons. The molecule has 0 unspecified atom stereocenters. The second-order valence-electron chi connectivity index (χ2n) is 4.72. The summed E-state index contributed by atoms with van der Waals surface area (Å²) in [5.74, 6) is 0.580. The minimum Gasteiger partial charge on any atom is -0.381 e. The summed E-state index contributed by atoms with van der Waals surface area (Å²) in [6.45, 7) is 1.69. The molecule has 1 fully saturated rings. The van der Waals surface area contributed by atoms with E-state index in [1.54, 1.807) is 6.20 Å². The third-order valence-electron chi connectivity index (χ3n) is 3.58. The zero-order valence-corrected chi connectivity index (χ0v) is 10.1. The van der Waals surface area contributed by atoms with Gasteiger partial charge in [0.25, 0.3) is 0 Å². The van der Waals surface area contributed by atoms with E-state index in [1.807, 2.05) is 6.07 Å². The first kappa shape index (κ1) is 11.4. The molecule has 0 spiro atoms. The zero-order valence-electron chi connectivity index (χ0n) is 10.1. The molecule has 0 amide bonds. The van der Waals surface area contributed by atoms with E-state index in [1.165, 1.54) is 5.56 Å². The van der Waals surface area contributed by atoms with Crippen molar-refractivity contribution in [2.75, 3.05) is 13.2 Å². The molecule has 2 aromatic rings. The maximum atomic E-state index is 10.8. The average Bonchev–Trinajstić information content (AvgIpc) is 2.47. The molecule has 2 heterocycles. The van der Waals surface area contributed by atoms with Gasteiger partial charge in [0.1, 0.15) is 5.69 Å². The Morgan fingerprint density at radius 1 is 1.17 bits per heavy atom. The van der Waals surface area contributed by atoms with Gasteiger partial charge in [-0.25, -0.2) is 0 Å². The second-order valence-corrected chi connectivity index (χ2v) is 4.72. The van der Waals surface area contributed by atoms with Crippen molar-refractivity contribution < 1.29 is 9.53 Å². The minimum atomic E-state index is 0.492. The smallest absolute Gasteiger partial charge is 0.168 e. The number of ether oxygens (including phenoxy) is 1. The van der Waals surface area contributed by atoms with Crippen LogP contribution in [-0.4, -0.2) is 24.5 Å². The molecule has 1 aromatic heterocycles. The highest BCUT2D eigenvalue weighted by molar-refractivity contribution is 5.87. The lowest BCUT2D eigenvalue weighted by Crippen LogP contribution is -2.13. The van der Waals surface area contributed by atoms with E-state index in [4.69, 9.17) is 4.74 Å². The summed E-state index contributed by atoms with van der Waals surface area (Å²) in [5, 5.41) is 2.17. The number of pyridine rings is 1. The van der Waals surface area contributed by atoms with Gasteiger partial charge in [0.15, 0.2) is 6.29 Å². The molecule has 1 saturated heterocycles. The van der Waals surface area contributed by atoms with Crippen molar-refractivity contribution in [1.29, 1.82) is 0 Å². The molecule has 3 heteroatoms. The van der Waals surface area contributed by atoms with E-state index in [0.29, 0.717) is 11.6 Å². The Morgan fingerprint density at radius 2 is 2.00 bits per heavy atom. The fourth-order valence-corrected chi connectivity index (χ4v) is 2.53. The van der Waals surface area contributed by atoms with Crippen molar-refractivity contribution >= 4 is 17.1 Å². The minimum absolute atomic E-state index is 0.492. The SMILES string of the molecule is O=Cc1cc2cc(C3CCOCC3)ccc2cn1. The van der Waals surface area contributed by atoms with Gasteiger partial charge in [0, 0.05) is 24.8 Å². The number of hydrogen-bond donors (Lipinski definition) is 0. The third-order valence-corrected chi connectivity index (χ3v) is 3.58. The quantitative estimate of drug-likeness (QED) is 0.759. The lowest BCUT2D eigenvalue weighted by molar-refractivity contribution is 0.0853. The maximum absolute atomic E-state index is 10.8. The standard InChI is InChI=1S/C15H15NO2/c17-10-15-8-14-7-12(1-2-13(14)9-16-15)11-3-5-18-6-4-11/h1-2,7-11H,3-6H2. The fraction of sp³-hybridized carbons (Fsp3) is 0.333. The van der Waals surface area contributed by atoms with Gasteiger partial charge < -0.3 is 4.74 Å². The third kappa shape index (κ3) is 2.14. The molecule has 0 N–H and O–H groups in total. The molecule has 0 aliphatic carbocycles. The van der Waals surface area contributed by atoms with E-state index >= 15 is 0 Å². The second kappa shape index (κ2) is 4.86. The summed E-state index contributed by atoms with van der Waals surface area (Å²) in [4.78, 5) is 14.8. The normalized spacial score (nSPS) is 16.9. The summed E-state index contributed by atoms with van der Waals surface area (Å²) in [6.07, 6.45) is 4.71. The molecular weight excluding hydrogens is 226 g/mol. The number of carbonyl (C=O) groups is 1. The number of rotatable bonds is 2. The van der Waals surface area contributed by atoms with Crippen LogP contribution in [0.1, 0.15) is 34.8 Å². The lowest BCUT2D eigenvalue weighted by atomic mass is 9.90. The molecule has 0 saturated carbocycles. The number of carbonyl (C=O) groups excluding carboxylic acids is 1. The van der Waals surface area contributed by atoms with Gasteiger partial charge in [0.05, 0.1) is 0 Å². The molecule has 0 bridgehead atoms. The molecule has 1 aliphatic rings. The molecule has 3 rings (SSSR count). The molecule has 1 aliphatic heterocycles. The van der Waals surface area contributed by atoms with Crippen LogP contribution < -0.4 is 0 Å². The van der Waals surface area contributed by atoms with Gasteiger partial charge in [-0.05, 0) is 35.8 Å². The van der Waals surface area contributed by atoms with Gasteiger partial charge in [0.2, 0.25) is 0 Å². The van der Waals surface area contributed by atoms with E-state index in [0.717, 1.165) is 43.1 Å². The van der Waals surface area contributed by atoms with Crippen LogP contribution in [0, 0.1) is 0 Å². The predicted octanol–water partition coefficient (Wildman–Crippen LogP) is 2.94. The number of benzene rings is 1. The molecule has 92 valence electrons. The molecule has 18 heavy (non-hydrogen) atoms. The van der Waals surface area contributed by atoms with Crippen molar-refractivity contribution in [2.24, 2.45) is 0 Å². The Bertz CT molecular complexity index is 574. The van der Waals surface area contributed by atoms with Crippen LogP contribution in [0.2, 0.25) is 0 Å². The summed E-state index contributed by atoms with van der Waals surface area (Å²) in [7, 11) is 0. The highest BCUT2D eigenvalue weighted by atomic mass is 16.5. The summed E-state index contributed by atoms with van der Waals surface area (Å²) < 4.78 is 5.39. The van der Waals surface area contributed by atoms with Crippen molar-refractivity contribution in [2.45, 2.75) is 18.8 Å². The highest BCUT2D eigenvalue weighted by Crippen LogP contribution is 2.29. The summed E-state index contributed by atoms with van der Waals surface area (Å²) in [5.41, 5.74) is 1.83. The Labute approximate surface area is 106 Å². The van der Waals surface area contributed by atoms with Gasteiger partial charge in [-0.15, -0.1) is 0 Å². The maximum Gasteiger partial charge on any atom is 0.168 e. The van der Waals surface area contributed by atoms with Crippen LogP contribution in [-0.2, 0) is 4.74 Å². The zero-order chi connectivity index (χ0) is 12.4. The van der Waals surface area contributed by atoms with Crippen LogP contribution >= 0.6 is 0 Å². The summed E-state index contributed by atoms with van der Waals surface area (Å²) in [6, 6.07) is 8.29. The van der Waals surface area contributed by atoms with Gasteiger partial charge in [-0.3, -0.25) is 9.78 Å². The fourth-order valence-electron chi connectivity index (χ4n) is 2.53. The van der Waals surface area contributed by atoms with Crippen LogP contribution in [0.15, 0.2) is 30.5 Å². The van der Waals surface area contributed by atoms with Gasteiger partial charge in [-0.2, -0.15) is 0 Å². The van der Waals surface area contributed by atoms with Crippen LogP contribution in [0.4, 0.5) is 0 Å². The average molecular weight is 241 g/mol. The number of aromatic nitrogens is 1. The number of aldehydes is 1. The molecule has 0 atom stereocenters. The first-order valence-corrected chi connectivity index (χ1v) is 6.29. The van der Waals surface area contributed by atoms with Crippen molar-refractivity contribution in [3.05, 3.63) is 41.7 Å². The lowest BCUT2D eigenvalue weighted by Gasteiger charge is -2.22. The van der Waals surface area contributed by atoms with Crippen molar-refractivity contribution in [3.8, 4) is 0 Å². The Kier molecular flexibility index (Phi) is 3.07. The van der Waals surface area contributed by atoms with E-state index < -0.39 is 0 Å². The first-order chi connectivity index (χ1) is 8.86. The monoisotopic (exact) mass is 241 g/mol. The summed E-state index contributed by atoms with van der Waals surface area (Å²) >= 11 is 0. The van der Waals surface area contributed by atoms with Crippen LogP contribution in [0.5, 0.6) is 0 Å². The number of nitrogens with zero attached hydrogens (tertiary/aromatic N) is 1. The van der Waals surface area contributed by atoms with Crippen molar-refractivity contribution in [1.82, 2.24) is 4.98 Å².